The van der Waals surface area contributed by atoms with E-state index in [1.807, 2.05) is 19.1 Å². The van der Waals surface area contributed by atoms with Crippen molar-refractivity contribution in [3.8, 4) is 0 Å². The quantitative estimate of drug-likeness (QED) is 0.198. The number of benzene rings is 2. The van der Waals surface area contributed by atoms with Crippen molar-refractivity contribution in [3.63, 3.8) is 0 Å². The van der Waals surface area contributed by atoms with Gasteiger partial charge < -0.3 is 4.65 Å². The Morgan fingerprint density at radius 1 is 1.09 bits per heavy atom. The van der Waals surface area contributed by atoms with E-state index in [1.54, 1.807) is 12.1 Å². The lowest BCUT2D eigenvalue weighted by molar-refractivity contribution is -0.384. The van der Waals surface area contributed by atoms with E-state index >= 15 is 0 Å². The molecule has 32 heavy (non-hydrogen) atoms. The lowest BCUT2D eigenvalue weighted by Gasteiger charge is -2.40. The average Bonchev–Trinajstić information content (AvgIpc) is 3.02. The molecular weight excluding hydrogens is 397 g/mol. The average molecular weight is 431 g/mol. The van der Waals surface area contributed by atoms with Crippen LogP contribution >= 0.6 is 0 Å². The monoisotopic (exact) mass is 431 g/mol. The van der Waals surface area contributed by atoms with Crippen LogP contribution in [0.25, 0.3) is 0 Å². The second-order valence-electron chi connectivity index (χ2n) is 10.1. The van der Waals surface area contributed by atoms with Gasteiger partial charge >= 0.3 is 6.92 Å². The molecule has 0 radical (unpaired) electrons. The van der Waals surface area contributed by atoms with Gasteiger partial charge in [-0.15, -0.1) is 6.58 Å². The van der Waals surface area contributed by atoms with Crippen LogP contribution in [-0.4, -0.2) is 11.8 Å². The molecular formula is C27H34BNO3. The molecule has 0 amide bonds. The zero-order valence-corrected chi connectivity index (χ0v) is 19.3. The first-order valence-electron chi connectivity index (χ1n) is 12.0. The summed E-state index contributed by atoms with van der Waals surface area (Å²) >= 11 is 0. The Balaban J connectivity index is 1.74. The SMILES string of the molecule is C=C(C)C[C@@](C)(OB1C2CCCC(CCC2)[C@@H]1c1ccccc1)c1ccc([N+](=O)[O-])cc1. The normalized spacial score (nSPS) is 24.9. The van der Waals surface area contributed by atoms with Crippen LogP contribution in [0.2, 0.25) is 5.82 Å². The number of hydrogen-bond acceptors (Lipinski definition) is 3. The van der Waals surface area contributed by atoms with Gasteiger partial charge in [0.1, 0.15) is 0 Å². The fourth-order valence-electron chi connectivity index (χ4n) is 6.15. The molecule has 2 bridgehead atoms. The lowest BCUT2D eigenvalue weighted by Crippen LogP contribution is -2.41. The molecule has 168 valence electrons. The molecule has 5 heteroatoms. The molecule has 2 aromatic carbocycles. The van der Waals surface area contributed by atoms with Crippen LogP contribution in [0.15, 0.2) is 66.7 Å². The van der Waals surface area contributed by atoms with Crippen molar-refractivity contribution in [2.24, 2.45) is 5.92 Å². The lowest BCUT2D eigenvalue weighted by atomic mass is 9.43. The Kier molecular flexibility index (Phi) is 6.85. The number of rotatable bonds is 7. The maximum Gasteiger partial charge on any atom is 0.305 e. The molecule has 2 aliphatic rings. The van der Waals surface area contributed by atoms with Gasteiger partial charge in [-0.25, -0.2) is 0 Å². The predicted octanol–water partition coefficient (Wildman–Crippen LogP) is 7.46. The first kappa shape index (κ1) is 22.8. The fraction of sp³-hybridized carbons (Fsp3) is 0.481. The van der Waals surface area contributed by atoms with Gasteiger partial charge in [0.2, 0.25) is 0 Å². The highest BCUT2D eigenvalue weighted by molar-refractivity contribution is 6.56. The third-order valence-corrected chi connectivity index (χ3v) is 7.53. The molecule has 4 rings (SSSR count). The highest BCUT2D eigenvalue weighted by Gasteiger charge is 2.47. The fourth-order valence-corrected chi connectivity index (χ4v) is 6.15. The molecule has 2 saturated heterocycles. The molecule has 0 N–H and O–H groups in total. The molecule has 0 unspecified atom stereocenters. The molecule has 2 aliphatic heterocycles. The Morgan fingerprint density at radius 3 is 2.28 bits per heavy atom. The van der Waals surface area contributed by atoms with Gasteiger partial charge in [0.15, 0.2) is 0 Å². The van der Waals surface area contributed by atoms with E-state index in [1.165, 1.54) is 44.1 Å². The van der Waals surface area contributed by atoms with E-state index in [4.69, 9.17) is 4.65 Å². The maximum absolute atomic E-state index is 11.2. The number of hydrogen-bond donors (Lipinski definition) is 0. The van der Waals surface area contributed by atoms with Crippen LogP contribution in [0.3, 0.4) is 0 Å². The van der Waals surface area contributed by atoms with Gasteiger partial charge in [0.05, 0.1) is 10.5 Å². The van der Waals surface area contributed by atoms with Crippen molar-refractivity contribution in [1.29, 1.82) is 0 Å². The summed E-state index contributed by atoms with van der Waals surface area (Å²) in [7, 11) is 0. The number of nitro groups is 1. The summed E-state index contributed by atoms with van der Waals surface area (Å²) in [6.07, 6.45) is 8.21. The van der Waals surface area contributed by atoms with Crippen molar-refractivity contribution in [2.75, 3.05) is 0 Å². The van der Waals surface area contributed by atoms with E-state index < -0.39 is 5.60 Å². The maximum atomic E-state index is 11.2. The molecule has 0 aromatic heterocycles. The van der Waals surface area contributed by atoms with E-state index in [0.717, 1.165) is 11.1 Å². The summed E-state index contributed by atoms with van der Waals surface area (Å²) in [5, 5.41) is 11.2. The molecule has 2 aromatic rings. The Morgan fingerprint density at radius 2 is 1.72 bits per heavy atom. The van der Waals surface area contributed by atoms with Gasteiger partial charge in [0, 0.05) is 12.1 Å². The summed E-state index contributed by atoms with van der Waals surface area (Å²) in [6, 6.07) is 17.8. The van der Waals surface area contributed by atoms with Crippen molar-refractivity contribution in [1.82, 2.24) is 0 Å². The van der Waals surface area contributed by atoms with Crippen LogP contribution in [0.4, 0.5) is 5.69 Å². The molecule has 2 heterocycles. The van der Waals surface area contributed by atoms with Crippen molar-refractivity contribution in [3.05, 3.63) is 88.0 Å². The summed E-state index contributed by atoms with van der Waals surface area (Å²) in [6.45, 7) is 8.48. The zero-order chi connectivity index (χ0) is 22.7. The van der Waals surface area contributed by atoms with Crippen LogP contribution in [0.5, 0.6) is 0 Å². The van der Waals surface area contributed by atoms with Gasteiger partial charge in [-0.2, -0.15) is 0 Å². The standard InChI is InChI=1S/C27H34BNO3/c1-20(2)19-27(3,23-15-17-25(18-16-23)29(30)31)32-28-24-13-7-11-22(12-8-14-24)26(28)21-9-5-4-6-10-21/h4-6,9-10,15-18,22,24,26H,1,7-8,11-14,19H2,2-3H3/t22?,24?,26-,27+/m0/s1. The second kappa shape index (κ2) is 9.62. The van der Waals surface area contributed by atoms with Gasteiger partial charge in [-0.3, -0.25) is 10.1 Å². The predicted molar refractivity (Wildman–Crippen MR) is 131 cm³/mol. The van der Waals surface area contributed by atoms with Crippen LogP contribution in [-0.2, 0) is 10.3 Å². The molecule has 0 aliphatic carbocycles. The first-order chi connectivity index (χ1) is 15.4. The van der Waals surface area contributed by atoms with E-state index in [9.17, 15) is 10.1 Å². The van der Waals surface area contributed by atoms with Crippen molar-refractivity contribution >= 4 is 12.6 Å². The molecule has 0 spiro atoms. The Hall–Kier alpha value is -2.40. The van der Waals surface area contributed by atoms with E-state index in [-0.39, 0.29) is 17.5 Å². The number of nitro benzene ring substituents is 1. The third-order valence-electron chi connectivity index (χ3n) is 7.53. The first-order valence-corrected chi connectivity index (χ1v) is 12.0. The molecule has 0 saturated carbocycles. The number of nitrogens with zero attached hydrogens (tertiary/aromatic N) is 1. The van der Waals surface area contributed by atoms with Crippen molar-refractivity contribution in [2.45, 2.75) is 76.0 Å². The molecule has 2 atom stereocenters. The van der Waals surface area contributed by atoms with Crippen LogP contribution in [0, 0.1) is 16.0 Å². The second-order valence-corrected chi connectivity index (χ2v) is 10.1. The minimum atomic E-state index is -0.573. The topological polar surface area (TPSA) is 52.4 Å². The molecule has 2 fully saturated rings. The Labute approximate surface area is 192 Å². The highest BCUT2D eigenvalue weighted by Crippen LogP contribution is 2.50. The van der Waals surface area contributed by atoms with Gasteiger partial charge in [0.25, 0.3) is 5.69 Å². The van der Waals surface area contributed by atoms with Gasteiger partial charge in [-0.1, -0.05) is 74.4 Å². The smallest absolute Gasteiger partial charge is 0.305 e. The van der Waals surface area contributed by atoms with Crippen LogP contribution < -0.4 is 0 Å². The summed E-state index contributed by atoms with van der Waals surface area (Å²) in [5.74, 6) is 1.56. The van der Waals surface area contributed by atoms with Crippen molar-refractivity contribution < 1.29 is 9.58 Å². The molecule has 4 nitrogen and oxygen atoms in total. The largest absolute Gasteiger partial charge is 0.426 e. The van der Waals surface area contributed by atoms with E-state index in [2.05, 4.69) is 43.8 Å². The summed E-state index contributed by atoms with van der Waals surface area (Å²) in [5.41, 5.74) is 2.96. The number of fused-ring (bicyclic) bond motifs is 3. The minimum Gasteiger partial charge on any atom is -0.426 e. The summed E-state index contributed by atoms with van der Waals surface area (Å²) < 4.78 is 7.21. The highest BCUT2D eigenvalue weighted by atomic mass is 16.6. The Bertz CT molecular complexity index is 935. The minimum absolute atomic E-state index is 0.110. The van der Waals surface area contributed by atoms with E-state index in [0.29, 0.717) is 24.0 Å². The zero-order valence-electron chi connectivity index (χ0n) is 19.3. The van der Waals surface area contributed by atoms with Gasteiger partial charge in [-0.05, 0) is 61.1 Å². The third kappa shape index (κ3) is 4.83. The number of non-ortho nitro benzene ring substituents is 1. The van der Waals surface area contributed by atoms with Crippen LogP contribution in [0.1, 0.15) is 75.7 Å². The summed E-state index contributed by atoms with van der Waals surface area (Å²) in [4.78, 5) is 10.8.